The van der Waals surface area contributed by atoms with Gasteiger partial charge in [-0.05, 0) is 100 Å². The van der Waals surface area contributed by atoms with E-state index in [9.17, 15) is 0 Å². The van der Waals surface area contributed by atoms with Crippen LogP contribution < -0.4 is 4.90 Å². The predicted octanol–water partition coefficient (Wildman–Crippen LogP) is 15.7. The van der Waals surface area contributed by atoms with Gasteiger partial charge in [0, 0.05) is 58.8 Å². The molecule has 0 N–H and O–H groups in total. The summed E-state index contributed by atoms with van der Waals surface area (Å²) in [5.41, 5.74) is 14.4. The van der Waals surface area contributed by atoms with Gasteiger partial charge < -0.3 is 9.30 Å². The second-order valence-electron chi connectivity index (χ2n) is 14.9. The van der Waals surface area contributed by atoms with Gasteiger partial charge in [-0.1, -0.05) is 140 Å². The van der Waals surface area contributed by atoms with E-state index in [4.69, 9.17) is 0 Å². The second-order valence-corrected chi connectivity index (χ2v) is 16.0. The molecule has 12 aromatic rings. The zero-order valence-electron chi connectivity index (χ0n) is 30.9. The first-order chi connectivity index (χ1) is 28.2. The molecule has 0 saturated carbocycles. The summed E-state index contributed by atoms with van der Waals surface area (Å²) in [4.78, 5) is 2.36. The van der Waals surface area contributed by atoms with Gasteiger partial charge in [0.2, 0.25) is 0 Å². The molecule has 0 unspecified atom stereocenters. The fourth-order valence-electron chi connectivity index (χ4n) is 9.00. The first-order valence-corrected chi connectivity index (χ1v) is 20.3. The molecule has 0 bridgehead atoms. The van der Waals surface area contributed by atoms with Crippen molar-refractivity contribution in [3.63, 3.8) is 0 Å². The molecular weight excluding hydrogens is 709 g/mol. The van der Waals surface area contributed by atoms with E-state index in [1.54, 1.807) is 0 Å². The molecule has 0 saturated heterocycles. The van der Waals surface area contributed by atoms with Crippen molar-refractivity contribution in [2.45, 2.75) is 0 Å². The largest absolute Gasteiger partial charge is 0.311 e. The minimum atomic E-state index is 1.11. The average Bonchev–Trinajstić information content (AvgIpc) is 3.94. The Morgan fingerprint density at radius 3 is 1.47 bits per heavy atom. The van der Waals surface area contributed by atoms with E-state index in [1.807, 2.05) is 11.3 Å². The summed E-state index contributed by atoms with van der Waals surface area (Å²) in [6, 6.07) is 75.6. The summed E-state index contributed by atoms with van der Waals surface area (Å²) >= 11 is 1.87. The van der Waals surface area contributed by atoms with Gasteiger partial charge in [-0.25, -0.2) is 0 Å². The summed E-state index contributed by atoms with van der Waals surface area (Å²) in [6.45, 7) is 0. The van der Waals surface area contributed by atoms with Gasteiger partial charge in [0.1, 0.15) is 0 Å². The van der Waals surface area contributed by atoms with Crippen molar-refractivity contribution in [3.05, 3.63) is 206 Å². The fraction of sp³-hybridized carbons (Fsp3) is 0. The Morgan fingerprint density at radius 2 is 0.772 bits per heavy atom. The maximum Gasteiger partial charge on any atom is 0.0620 e. The van der Waals surface area contributed by atoms with E-state index < -0.39 is 0 Å². The van der Waals surface area contributed by atoms with Crippen LogP contribution >= 0.6 is 11.3 Å². The molecule has 12 rings (SSSR count). The smallest absolute Gasteiger partial charge is 0.0620 e. The van der Waals surface area contributed by atoms with Crippen LogP contribution in [-0.4, -0.2) is 4.40 Å². The van der Waals surface area contributed by atoms with Gasteiger partial charge in [0.25, 0.3) is 0 Å². The maximum absolute atomic E-state index is 2.44. The van der Waals surface area contributed by atoms with Crippen LogP contribution in [0.25, 0.3) is 91.6 Å². The lowest BCUT2D eigenvalue weighted by Gasteiger charge is -2.26. The first-order valence-electron chi connectivity index (χ1n) is 19.5. The van der Waals surface area contributed by atoms with Gasteiger partial charge >= 0.3 is 0 Å². The number of hydrogen-bond donors (Lipinski definition) is 0. The van der Waals surface area contributed by atoms with E-state index in [2.05, 4.69) is 216 Å². The average molecular weight is 743 g/mol. The number of hydrogen-bond acceptors (Lipinski definition) is 2. The van der Waals surface area contributed by atoms with E-state index in [-0.39, 0.29) is 0 Å². The van der Waals surface area contributed by atoms with Gasteiger partial charge in [-0.15, -0.1) is 11.3 Å². The summed E-state index contributed by atoms with van der Waals surface area (Å²) in [6.07, 6.45) is 0. The molecule has 9 aromatic carbocycles. The number of aromatic nitrogens is 1. The van der Waals surface area contributed by atoms with Crippen LogP contribution in [0.4, 0.5) is 17.1 Å². The van der Waals surface area contributed by atoms with E-state index >= 15 is 0 Å². The number of para-hydroxylation sites is 2. The Bertz CT molecular complexity index is 3430. The quantitative estimate of drug-likeness (QED) is 0.165. The highest BCUT2D eigenvalue weighted by molar-refractivity contribution is 7.25. The van der Waals surface area contributed by atoms with E-state index in [0.717, 1.165) is 17.1 Å². The Hall–Kier alpha value is -7.20. The number of fused-ring (bicyclic) bond motifs is 9. The highest BCUT2D eigenvalue weighted by Crippen LogP contribution is 2.42. The lowest BCUT2D eigenvalue weighted by molar-refractivity contribution is 1.28. The highest BCUT2D eigenvalue weighted by atomic mass is 32.1. The minimum Gasteiger partial charge on any atom is -0.311 e. The normalized spacial score (nSPS) is 11.9. The fourth-order valence-corrected chi connectivity index (χ4v) is 10.1. The molecule has 0 atom stereocenters. The van der Waals surface area contributed by atoms with E-state index in [0.29, 0.717) is 0 Å². The third kappa shape index (κ3) is 5.10. The summed E-state index contributed by atoms with van der Waals surface area (Å²) in [7, 11) is 0. The van der Waals surface area contributed by atoms with Crippen LogP contribution in [0, 0.1) is 0 Å². The number of anilines is 3. The van der Waals surface area contributed by atoms with Crippen molar-refractivity contribution < 1.29 is 0 Å². The van der Waals surface area contributed by atoms with Crippen LogP contribution in [0.3, 0.4) is 0 Å². The molecular formula is C54H34N2S. The SMILES string of the molecule is c1ccc(-c2ccc(N(c3ccc(-c4ccc5c(c4)sc4ccccc45)cc3)c3ccc(-c4ccc5c(c4)c4cccc6c7ccccc7n5c64)cc3)cc2)cc1. The van der Waals surface area contributed by atoms with Gasteiger partial charge in [-0.2, -0.15) is 0 Å². The Morgan fingerprint density at radius 1 is 0.298 bits per heavy atom. The van der Waals surface area contributed by atoms with Gasteiger partial charge in [-0.3, -0.25) is 0 Å². The number of benzene rings is 9. The molecule has 266 valence electrons. The summed E-state index contributed by atoms with van der Waals surface area (Å²) in [5.74, 6) is 0. The molecule has 0 amide bonds. The number of nitrogens with zero attached hydrogens (tertiary/aromatic N) is 2. The van der Waals surface area contributed by atoms with Crippen LogP contribution in [-0.2, 0) is 0 Å². The van der Waals surface area contributed by atoms with Crippen molar-refractivity contribution in [1.82, 2.24) is 4.40 Å². The third-order valence-electron chi connectivity index (χ3n) is 11.8. The standard InChI is InChI=1S/C54H34N2S/c1-2-9-35(10-3-1)36-17-25-41(26-18-36)55(43-29-21-38(22-30-43)40-23-31-46-45-12-5-7-16-52(45)57-53(46)34-40)42-27-19-37(20-28-42)39-24-32-51-49(33-39)48-14-8-13-47-44-11-4-6-15-50(44)56(51)54(47)48/h1-34H. The molecule has 57 heavy (non-hydrogen) atoms. The maximum atomic E-state index is 2.44. The minimum absolute atomic E-state index is 1.11. The summed E-state index contributed by atoms with van der Waals surface area (Å²) in [5, 5.41) is 7.86. The van der Waals surface area contributed by atoms with Gasteiger partial charge in [0.05, 0.1) is 16.6 Å². The molecule has 3 aromatic heterocycles. The summed E-state index contributed by atoms with van der Waals surface area (Å²) < 4.78 is 5.09. The topological polar surface area (TPSA) is 7.65 Å². The van der Waals surface area contributed by atoms with Crippen molar-refractivity contribution in [1.29, 1.82) is 0 Å². The van der Waals surface area contributed by atoms with Crippen molar-refractivity contribution in [2.75, 3.05) is 4.90 Å². The lowest BCUT2D eigenvalue weighted by atomic mass is 10.0. The molecule has 0 aliphatic heterocycles. The zero-order valence-corrected chi connectivity index (χ0v) is 31.7. The molecule has 0 fully saturated rings. The van der Waals surface area contributed by atoms with Crippen LogP contribution in [0.5, 0.6) is 0 Å². The van der Waals surface area contributed by atoms with Gasteiger partial charge in [0.15, 0.2) is 0 Å². The molecule has 3 heterocycles. The second kappa shape index (κ2) is 12.7. The Labute approximate surface area is 334 Å². The molecule has 0 radical (unpaired) electrons. The van der Waals surface area contributed by atoms with Crippen LogP contribution in [0.15, 0.2) is 206 Å². The number of thiophene rings is 1. The molecule has 2 nitrogen and oxygen atoms in total. The lowest BCUT2D eigenvalue weighted by Crippen LogP contribution is -2.09. The number of rotatable bonds is 6. The van der Waals surface area contributed by atoms with Crippen LogP contribution in [0.2, 0.25) is 0 Å². The predicted molar refractivity (Wildman–Crippen MR) is 245 cm³/mol. The highest BCUT2D eigenvalue weighted by Gasteiger charge is 2.18. The molecule has 0 aliphatic carbocycles. The van der Waals surface area contributed by atoms with Crippen molar-refractivity contribution in [3.8, 4) is 33.4 Å². The Balaban J connectivity index is 0.925. The van der Waals surface area contributed by atoms with Crippen molar-refractivity contribution in [2.24, 2.45) is 0 Å². The monoisotopic (exact) mass is 742 g/mol. The molecule has 0 aliphatic rings. The van der Waals surface area contributed by atoms with Crippen LogP contribution in [0.1, 0.15) is 0 Å². The third-order valence-corrected chi connectivity index (χ3v) is 12.9. The Kier molecular flexibility index (Phi) is 7.13. The van der Waals surface area contributed by atoms with Crippen molar-refractivity contribution >= 4 is 86.7 Å². The molecule has 3 heteroatoms. The van der Waals surface area contributed by atoms with E-state index in [1.165, 1.54) is 91.6 Å². The zero-order chi connectivity index (χ0) is 37.5. The molecule has 0 spiro atoms. The first kappa shape index (κ1) is 32.1.